The molecule has 2 atom stereocenters. The van der Waals surface area contributed by atoms with Crippen molar-refractivity contribution in [2.24, 2.45) is 5.92 Å². The van der Waals surface area contributed by atoms with E-state index in [1.807, 2.05) is 13.8 Å². The van der Waals surface area contributed by atoms with E-state index in [2.05, 4.69) is 65.0 Å². The van der Waals surface area contributed by atoms with Gasteiger partial charge in [-0.25, -0.2) is 4.79 Å². The topological polar surface area (TPSA) is 26.3 Å². The van der Waals surface area contributed by atoms with E-state index in [1.54, 1.807) is 6.08 Å². The van der Waals surface area contributed by atoms with Crippen molar-refractivity contribution in [3.63, 3.8) is 0 Å². The first-order valence-corrected chi connectivity index (χ1v) is 10.7. The average molecular weight is 381 g/mol. The molecule has 0 N–H and O–H groups in total. The van der Waals surface area contributed by atoms with Gasteiger partial charge in [-0.1, -0.05) is 65.0 Å². The molecule has 1 fully saturated rings. The Balaban J connectivity index is 1.80. The standard InChI is InChI=1S/C26H36O2/c1-8-28-23(27)15-18(2)9-10-20-17-26(20,7)19-11-12-21-22(16-19)25(5,6)14-13-24(21,3)4/h9-12,15-16,20H,8,13-14,17H2,1-7H3/b10-9+,18-15-. The third kappa shape index (κ3) is 3.97. The summed E-state index contributed by atoms with van der Waals surface area (Å²) in [6.45, 7) is 16.1. The lowest BCUT2D eigenvalue weighted by molar-refractivity contribution is -0.137. The van der Waals surface area contributed by atoms with Crippen molar-refractivity contribution < 1.29 is 9.53 Å². The Morgan fingerprint density at radius 3 is 2.39 bits per heavy atom. The fraction of sp³-hybridized carbons (Fsp3) is 0.577. The maximum absolute atomic E-state index is 11.6. The van der Waals surface area contributed by atoms with E-state index in [0.717, 1.165) is 5.57 Å². The van der Waals surface area contributed by atoms with Crippen LogP contribution in [0.1, 0.15) is 84.4 Å². The van der Waals surface area contributed by atoms with Gasteiger partial charge in [0.25, 0.3) is 0 Å². The zero-order valence-electron chi connectivity index (χ0n) is 18.7. The van der Waals surface area contributed by atoms with Crippen LogP contribution in [0.5, 0.6) is 0 Å². The minimum absolute atomic E-state index is 0.202. The third-order valence-electron chi connectivity index (χ3n) is 7.04. The van der Waals surface area contributed by atoms with Crippen molar-refractivity contribution in [3.8, 4) is 0 Å². The summed E-state index contributed by atoms with van der Waals surface area (Å²) in [5.74, 6) is 0.263. The van der Waals surface area contributed by atoms with Gasteiger partial charge in [-0.2, -0.15) is 0 Å². The highest BCUT2D eigenvalue weighted by molar-refractivity contribution is 5.83. The van der Waals surface area contributed by atoms with Crippen molar-refractivity contribution in [1.29, 1.82) is 0 Å². The molecule has 0 radical (unpaired) electrons. The second-order valence-corrected chi connectivity index (χ2v) is 10.3. The lowest BCUT2D eigenvalue weighted by atomic mass is 9.62. The first kappa shape index (κ1) is 20.9. The number of ether oxygens (including phenoxy) is 1. The molecule has 0 heterocycles. The SMILES string of the molecule is CCOC(=O)/C=C(C)\C=C\C1CC1(C)c1ccc2c(c1)C(C)(C)CCC2(C)C. The maximum Gasteiger partial charge on any atom is 0.330 e. The fourth-order valence-corrected chi connectivity index (χ4v) is 4.64. The maximum atomic E-state index is 11.6. The van der Waals surface area contributed by atoms with Gasteiger partial charge in [0, 0.05) is 6.08 Å². The first-order chi connectivity index (χ1) is 13.0. The molecule has 3 rings (SSSR count). The van der Waals surface area contributed by atoms with Gasteiger partial charge in [0.05, 0.1) is 6.61 Å². The van der Waals surface area contributed by atoms with Gasteiger partial charge in [-0.3, -0.25) is 0 Å². The van der Waals surface area contributed by atoms with Gasteiger partial charge in [0.15, 0.2) is 0 Å². The molecule has 0 amide bonds. The number of hydrogen-bond donors (Lipinski definition) is 0. The van der Waals surface area contributed by atoms with Crippen molar-refractivity contribution in [2.45, 2.75) is 84.0 Å². The molecule has 0 bridgehead atoms. The fourth-order valence-electron chi connectivity index (χ4n) is 4.64. The van der Waals surface area contributed by atoms with Gasteiger partial charge in [0.1, 0.15) is 0 Å². The second-order valence-electron chi connectivity index (χ2n) is 10.3. The number of esters is 1. The normalized spacial score (nSPS) is 28.1. The highest BCUT2D eigenvalue weighted by Crippen LogP contribution is 2.56. The molecule has 0 spiro atoms. The van der Waals surface area contributed by atoms with E-state index in [9.17, 15) is 4.79 Å². The lowest BCUT2D eigenvalue weighted by Gasteiger charge is -2.42. The molecule has 0 aliphatic heterocycles. The van der Waals surface area contributed by atoms with Crippen LogP contribution >= 0.6 is 0 Å². The summed E-state index contributed by atoms with van der Waals surface area (Å²) < 4.78 is 4.99. The predicted molar refractivity (Wildman–Crippen MR) is 117 cm³/mol. The molecule has 0 aromatic heterocycles. The summed E-state index contributed by atoms with van der Waals surface area (Å²) in [4.78, 5) is 11.6. The molecule has 1 saturated carbocycles. The molecule has 0 saturated heterocycles. The molecule has 28 heavy (non-hydrogen) atoms. The number of allylic oxidation sites excluding steroid dienone is 3. The predicted octanol–water partition coefficient (Wildman–Crippen LogP) is 6.38. The Labute approximate surface area is 171 Å². The first-order valence-electron chi connectivity index (χ1n) is 10.7. The number of carbonyl (C=O) groups is 1. The van der Waals surface area contributed by atoms with Gasteiger partial charge in [0.2, 0.25) is 0 Å². The van der Waals surface area contributed by atoms with E-state index in [4.69, 9.17) is 4.74 Å². The Morgan fingerprint density at radius 1 is 1.11 bits per heavy atom. The second kappa shape index (κ2) is 7.21. The highest BCUT2D eigenvalue weighted by Gasteiger charge is 2.50. The van der Waals surface area contributed by atoms with Crippen LogP contribution in [0.4, 0.5) is 0 Å². The van der Waals surface area contributed by atoms with E-state index in [1.165, 1.54) is 36.0 Å². The quantitative estimate of drug-likeness (QED) is 0.336. The molecule has 1 aromatic carbocycles. The van der Waals surface area contributed by atoms with Crippen LogP contribution in [0.25, 0.3) is 0 Å². The molecular formula is C26H36O2. The molecule has 2 heteroatoms. The zero-order valence-corrected chi connectivity index (χ0v) is 18.7. The highest BCUT2D eigenvalue weighted by atomic mass is 16.5. The summed E-state index contributed by atoms with van der Waals surface area (Å²) in [7, 11) is 0. The van der Waals surface area contributed by atoms with Gasteiger partial charge in [-0.05, 0) is 77.5 Å². The van der Waals surface area contributed by atoms with Gasteiger partial charge >= 0.3 is 5.97 Å². The Morgan fingerprint density at radius 2 is 1.75 bits per heavy atom. The van der Waals surface area contributed by atoms with Gasteiger partial charge in [-0.15, -0.1) is 0 Å². The van der Waals surface area contributed by atoms with Crippen molar-refractivity contribution >= 4 is 5.97 Å². The Kier molecular flexibility index (Phi) is 5.38. The van der Waals surface area contributed by atoms with Crippen LogP contribution in [0.3, 0.4) is 0 Å². The summed E-state index contributed by atoms with van der Waals surface area (Å²) >= 11 is 0. The number of carbonyl (C=O) groups excluding carboxylic acids is 1. The van der Waals surface area contributed by atoms with Crippen LogP contribution in [-0.4, -0.2) is 12.6 Å². The number of fused-ring (bicyclic) bond motifs is 1. The summed E-state index contributed by atoms with van der Waals surface area (Å²) in [6, 6.07) is 7.24. The van der Waals surface area contributed by atoms with E-state index in [-0.39, 0.29) is 22.2 Å². The van der Waals surface area contributed by atoms with Crippen LogP contribution < -0.4 is 0 Å². The largest absolute Gasteiger partial charge is 0.463 e. The van der Waals surface area contributed by atoms with Crippen LogP contribution in [0.15, 0.2) is 42.0 Å². The average Bonchev–Trinajstić information content (AvgIpc) is 3.29. The number of rotatable bonds is 5. The van der Waals surface area contributed by atoms with Crippen molar-refractivity contribution in [3.05, 3.63) is 58.7 Å². The van der Waals surface area contributed by atoms with Crippen molar-refractivity contribution in [1.82, 2.24) is 0 Å². The third-order valence-corrected chi connectivity index (χ3v) is 7.04. The van der Waals surface area contributed by atoms with E-state index >= 15 is 0 Å². The van der Waals surface area contributed by atoms with E-state index < -0.39 is 0 Å². The molecular weight excluding hydrogens is 344 g/mol. The van der Waals surface area contributed by atoms with Crippen molar-refractivity contribution in [2.75, 3.05) is 6.61 Å². The Bertz CT molecular complexity index is 825. The van der Waals surface area contributed by atoms with Crippen LogP contribution in [0, 0.1) is 5.92 Å². The summed E-state index contributed by atoms with van der Waals surface area (Å²) in [5.41, 5.74) is 6.18. The number of benzene rings is 1. The molecule has 2 aliphatic carbocycles. The zero-order chi connectivity index (χ0) is 20.7. The van der Waals surface area contributed by atoms with Crippen LogP contribution in [0.2, 0.25) is 0 Å². The minimum Gasteiger partial charge on any atom is -0.463 e. The van der Waals surface area contributed by atoms with Crippen LogP contribution in [-0.2, 0) is 25.8 Å². The molecule has 152 valence electrons. The molecule has 1 aromatic rings. The van der Waals surface area contributed by atoms with E-state index in [0.29, 0.717) is 12.5 Å². The molecule has 2 nitrogen and oxygen atoms in total. The Hall–Kier alpha value is -1.83. The monoisotopic (exact) mass is 380 g/mol. The minimum atomic E-state index is -0.261. The molecule has 2 aliphatic rings. The molecule has 2 unspecified atom stereocenters. The number of hydrogen-bond acceptors (Lipinski definition) is 2. The van der Waals surface area contributed by atoms with Gasteiger partial charge < -0.3 is 4.74 Å². The summed E-state index contributed by atoms with van der Waals surface area (Å²) in [5, 5.41) is 0. The smallest absolute Gasteiger partial charge is 0.330 e. The summed E-state index contributed by atoms with van der Waals surface area (Å²) in [6.07, 6.45) is 9.56. The lowest BCUT2D eigenvalue weighted by Crippen LogP contribution is -2.34.